The highest BCUT2D eigenvalue weighted by molar-refractivity contribution is 7.32. The van der Waals surface area contributed by atoms with Gasteiger partial charge in [-0.25, -0.2) is 0 Å². The summed E-state index contributed by atoms with van der Waals surface area (Å²) in [6.07, 6.45) is -3.41. The Morgan fingerprint density at radius 2 is 1.04 bits per heavy atom. The first kappa shape index (κ1) is 45.6. The van der Waals surface area contributed by atoms with Gasteiger partial charge in [0.15, 0.2) is 0 Å². The molecule has 1 aliphatic rings. The van der Waals surface area contributed by atoms with E-state index in [1.54, 1.807) is 0 Å². The Morgan fingerprint density at radius 3 is 1.32 bits per heavy atom. The van der Waals surface area contributed by atoms with Crippen molar-refractivity contribution < 1.29 is 35.8 Å². The van der Waals surface area contributed by atoms with Gasteiger partial charge in [-0.15, -0.1) is 27.1 Å². The SMILES string of the molecule is CC(C)[Si](Cl)(O[Si](O[C@@H]1[C@@H](O[Si](O[Si](Cl)(C(C)C)C(C)C)(C(C)C)C(C)C)[C@@H](O[P+](=O)O)OC[C@@H]1N=[N+]=[N-])(C(C)C)C(C)C)C(C)C. The predicted molar refractivity (Wildman–Crippen MR) is 201 cm³/mol. The van der Waals surface area contributed by atoms with E-state index in [4.69, 9.17) is 48.5 Å². The topological polar surface area (TPSA) is 141 Å². The van der Waals surface area contributed by atoms with Gasteiger partial charge in [0.1, 0.15) is 6.10 Å². The van der Waals surface area contributed by atoms with Crippen molar-refractivity contribution in [2.75, 3.05) is 6.61 Å². The Hall–Kier alpha value is 0.578. The van der Waals surface area contributed by atoms with Crippen LogP contribution in [0.1, 0.15) is 111 Å². The summed E-state index contributed by atoms with van der Waals surface area (Å²) in [6.45, 7) is 33.0. The second-order valence-corrected chi connectivity index (χ2v) is 36.5. The second kappa shape index (κ2) is 18.4. The molecule has 1 heterocycles. The van der Waals surface area contributed by atoms with Crippen molar-refractivity contribution in [3.8, 4) is 0 Å². The molecule has 1 rings (SSSR count). The number of halogens is 2. The Labute approximate surface area is 299 Å². The third kappa shape index (κ3) is 10.3. The molecule has 1 fully saturated rings. The summed E-state index contributed by atoms with van der Waals surface area (Å²) >= 11 is 14.9. The molecule has 0 bridgehead atoms. The number of nitrogens with zero attached hydrogens (tertiary/aromatic N) is 3. The standard InChI is InChI=1S/C29H62Cl2N3O8PSi4/c1-18(2)44(30,19(3)4)41-46(22(9)10,23(11)12)39-27-26(33-34-32)17-37-29(38-43(35)36)28(27)40-47(24(13)14,25(15)16)42-45(31,20(5)6)21(7)8/h18-29H,17H2,1-16H3/p+1/t26-,27-,28+,29+/m0/s1. The lowest BCUT2D eigenvalue weighted by Crippen LogP contribution is -2.67. The van der Waals surface area contributed by atoms with Crippen LogP contribution in [0.15, 0.2) is 5.11 Å². The van der Waals surface area contributed by atoms with Crippen molar-refractivity contribution >= 4 is 62.8 Å². The van der Waals surface area contributed by atoms with E-state index in [0.29, 0.717) is 0 Å². The quantitative estimate of drug-likeness (QED) is 0.0340. The Bertz CT molecular complexity index is 1040. The first-order valence-corrected chi connectivity index (χ1v) is 28.2. The molecule has 1 N–H and O–H groups in total. The van der Waals surface area contributed by atoms with Crippen LogP contribution in [-0.2, 0) is 30.9 Å². The van der Waals surface area contributed by atoms with Crippen LogP contribution in [0, 0.1) is 0 Å². The lowest BCUT2D eigenvalue weighted by Gasteiger charge is -2.52. The van der Waals surface area contributed by atoms with E-state index in [2.05, 4.69) is 121 Å². The Balaban J connectivity index is 4.14. The van der Waals surface area contributed by atoms with Crippen molar-refractivity contribution in [3.05, 3.63) is 10.4 Å². The van der Waals surface area contributed by atoms with E-state index in [-0.39, 0.29) is 50.9 Å². The maximum absolute atomic E-state index is 12.2. The van der Waals surface area contributed by atoms with E-state index in [1.807, 2.05) is 0 Å². The fraction of sp³-hybridized carbons (Fsp3) is 1.00. The number of hydrogen-bond donors (Lipinski definition) is 1. The highest BCUT2D eigenvalue weighted by Crippen LogP contribution is 2.50. The number of ether oxygens (including phenoxy) is 1. The fourth-order valence-electron chi connectivity index (χ4n) is 6.49. The molecule has 47 heavy (non-hydrogen) atoms. The zero-order valence-corrected chi connectivity index (χ0v) is 37.9. The lowest BCUT2D eigenvalue weighted by atomic mass is 10.0. The van der Waals surface area contributed by atoms with Crippen molar-refractivity contribution in [1.29, 1.82) is 0 Å². The molecule has 0 radical (unpaired) electrons. The van der Waals surface area contributed by atoms with Gasteiger partial charge in [-0.1, -0.05) is 120 Å². The molecule has 1 aliphatic heterocycles. The summed E-state index contributed by atoms with van der Waals surface area (Å²) in [5.41, 5.74) is 9.60. The number of azide groups is 1. The molecule has 5 atom stereocenters. The van der Waals surface area contributed by atoms with Gasteiger partial charge >= 0.3 is 25.4 Å². The normalized spacial score (nSPS) is 22.5. The summed E-state index contributed by atoms with van der Waals surface area (Å²) in [6, 6.07) is -0.863. The minimum absolute atomic E-state index is 0.0610. The molecule has 11 nitrogen and oxygen atoms in total. The maximum Gasteiger partial charge on any atom is 0.697 e. The van der Waals surface area contributed by atoms with E-state index in [9.17, 15) is 15.0 Å². The Morgan fingerprint density at radius 1 is 0.702 bits per heavy atom. The van der Waals surface area contributed by atoms with Gasteiger partial charge in [0.05, 0.1) is 18.8 Å². The third-order valence-electron chi connectivity index (χ3n) is 9.44. The van der Waals surface area contributed by atoms with E-state index < -0.39 is 65.2 Å². The lowest BCUT2D eigenvalue weighted by molar-refractivity contribution is -0.210. The smallest absolute Gasteiger partial charge is 0.423 e. The molecule has 0 amide bonds. The first-order valence-electron chi connectivity index (χ1n) is 17.0. The monoisotopic (exact) mass is 794 g/mol. The summed E-state index contributed by atoms with van der Waals surface area (Å²) in [7, 11) is -15.6. The molecule has 0 saturated carbocycles. The third-order valence-corrected chi connectivity index (χ3v) is 35.5. The van der Waals surface area contributed by atoms with Crippen LogP contribution in [0.25, 0.3) is 10.4 Å². The molecule has 1 saturated heterocycles. The van der Waals surface area contributed by atoms with Crippen molar-refractivity contribution in [2.24, 2.45) is 5.11 Å². The number of hydrogen-bond acceptors (Lipinski definition) is 8. The average Bonchev–Trinajstić information content (AvgIpc) is 2.93. The van der Waals surface area contributed by atoms with Crippen LogP contribution in [0.4, 0.5) is 0 Å². The van der Waals surface area contributed by atoms with E-state index in [0.717, 1.165) is 0 Å². The van der Waals surface area contributed by atoms with E-state index >= 15 is 0 Å². The van der Waals surface area contributed by atoms with Gasteiger partial charge in [-0.2, -0.15) is 0 Å². The zero-order valence-electron chi connectivity index (χ0n) is 31.5. The second-order valence-electron chi connectivity index (χ2n) is 15.3. The van der Waals surface area contributed by atoms with Crippen LogP contribution >= 0.6 is 30.4 Å². The van der Waals surface area contributed by atoms with Crippen molar-refractivity contribution in [2.45, 2.75) is 180 Å². The van der Waals surface area contributed by atoms with Gasteiger partial charge in [0.2, 0.25) is 6.29 Å². The molecule has 0 aliphatic carbocycles. The van der Waals surface area contributed by atoms with Crippen LogP contribution in [0.2, 0.25) is 44.3 Å². The van der Waals surface area contributed by atoms with Gasteiger partial charge in [-0.3, -0.25) is 0 Å². The fourth-order valence-corrected chi connectivity index (χ4v) is 28.7. The molecule has 0 aromatic carbocycles. The molecular weight excluding hydrogens is 733 g/mol. The molecule has 0 spiro atoms. The molecule has 18 heteroatoms. The molecule has 1 unspecified atom stereocenters. The maximum atomic E-state index is 12.2. The molecule has 0 aromatic rings. The zero-order chi connectivity index (χ0) is 36.9. The largest absolute Gasteiger partial charge is 0.697 e. The van der Waals surface area contributed by atoms with Gasteiger partial charge in [0.25, 0.3) is 15.3 Å². The average molecular weight is 796 g/mol. The minimum Gasteiger partial charge on any atom is -0.423 e. The van der Waals surface area contributed by atoms with Crippen LogP contribution < -0.4 is 0 Å². The van der Waals surface area contributed by atoms with Gasteiger partial charge in [-0.05, 0) is 49.9 Å². The number of rotatable bonds is 19. The first-order chi connectivity index (χ1) is 21.4. The summed E-state index contributed by atoms with van der Waals surface area (Å²) in [5.74, 6) is 0. The highest BCUT2D eigenvalue weighted by atomic mass is 35.6. The van der Waals surface area contributed by atoms with Gasteiger partial charge < -0.3 is 21.8 Å². The minimum atomic E-state index is -3.36. The van der Waals surface area contributed by atoms with Crippen molar-refractivity contribution in [3.63, 3.8) is 0 Å². The van der Waals surface area contributed by atoms with Crippen molar-refractivity contribution in [1.82, 2.24) is 0 Å². The van der Waals surface area contributed by atoms with Crippen LogP contribution in [0.5, 0.6) is 0 Å². The molecule has 276 valence electrons. The summed E-state index contributed by atoms with van der Waals surface area (Å²) < 4.78 is 52.7. The summed E-state index contributed by atoms with van der Waals surface area (Å²) in [4.78, 5) is 13.1. The highest BCUT2D eigenvalue weighted by Gasteiger charge is 2.61. The van der Waals surface area contributed by atoms with Gasteiger partial charge in [0, 0.05) is 9.48 Å². The summed E-state index contributed by atoms with van der Waals surface area (Å²) in [5, 5.41) is 4.11. The molecule has 0 aromatic heterocycles. The van der Waals surface area contributed by atoms with Crippen LogP contribution in [-0.4, -0.2) is 68.4 Å². The molecular formula is C29H63Cl2N3O8PSi4+. The van der Waals surface area contributed by atoms with E-state index in [1.165, 1.54) is 0 Å². The Kier molecular flexibility index (Phi) is 17.8. The van der Waals surface area contributed by atoms with Crippen LogP contribution in [0.3, 0.4) is 0 Å². The predicted octanol–water partition coefficient (Wildman–Crippen LogP) is 11.0.